The van der Waals surface area contributed by atoms with E-state index in [9.17, 15) is 4.79 Å². The number of benzene rings is 2. The first-order chi connectivity index (χ1) is 12.5. The van der Waals surface area contributed by atoms with E-state index in [0.717, 1.165) is 32.7 Å². The van der Waals surface area contributed by atoms with Crippen LogP contribution in [0.15, 0.2) is 64.2 Å². The minimum atomic E-state index is -0.216. The number of nitrogens with one attached hydrogen (secondary N) is 1. The smallest absolute Gasteiger partial charge is 0.271 e. The van der Waals surface area contributed by atoms with Crippen molar-refractivity contribution in [3.05, 3.63) is 87.1 Å². The molecule has 26 heavy (non-hydrogen) atoms. The lowest BCUT2D eigenvalue weighted by atomic mass is 10.1. The largest absolute Gasteiger partial charge is 0.318 e. The number of rotatable bonds is 4. The molecule has 4 nitrogen and oxygen atoms in total. The van der Waals surface area contributed by atoms with Crippen molar-refractivity contribution in [3.63, 3.8) is 0 Å². The molecule has 0 aliphatic rings. The SMILES string of the molecule is Cc1cccc(C(=O)N/N=C\c2cc(C)n(-c3ccc(Br)cc3)c2C)c1. The number of carbonyl (C=O) groups excluding carboxylic acids is 1. The number of halogens is 1. The van der Waals surface area contributed by atoms with Gasteiger partial charge in [0.05, 0.1) is 6.21 Å². The van der Waals surface area contributed by atoms with E-state index in [1.165, 1.54) is 0 Å². The highest BCUT2D eigenvalue weighted by molar-refractivity contribution is 9.10. The van der Waals surface area contributed by atoms with E-state index >= 15 is 0 Å². The van der Waals surface area contributed by atoms with Crippen molar-refractivity contribution in [1.29, 1.82) is 0 Å². The third-order valence-corrected chi connectivity index (χ3v) is 4.73. The van der Waals surface area contributed by atoms with Gasteiger partial charge in [-0.2, -0.15) is 5.10 Å². The average molecular weight is 410 g/mol. The van der Waals surface area contributed by atoms with Crippen LogP contribution in [-0.2, 0) is 0 Å². The van der Waals surface area contributed by atoms with Gasteiger partial charge in [0.15, 0.2) is 0 Å². The summed E-state index contributed by atoms with van der Waals surface area (Å²) >= 11 is 3.46. The first kappa shape index (κ1) is 18.1. The molecule has 3 aromatic rings. The van der Waals surface area contributed by atoms with Crippen molar-refractivity contribution >= 4 is 28.1 Å². The quantitative estimate of drug-likeness (QED) is 0.481. The molecule has 1 N–H and O–H groups in total. The molecule has 0 atom stereocenters. The summed E-state index contributed by atoms with van der Waals surface area (Å²) in [6, 6.07) is 17.6. The summed E-state index contributed by atoms with van der Waals surface area (Å²) in [7, 11) is 0. The Hall–Kier alpha value is -2.66. The topological polar surface area (TPSA) is 46.4 Å². The number of aromatic nitrogens is 1. The summed E-state index contributed by atoms with van der Waals surface area (Å²) in [6.07, 6.45) is 1.69. The van der Waals surface area contributed by atoms with Crippen LogP contribution in [0.4, 0.5) is 0 Å². The number of hydrogen-bond acceptors (Lipinski definition) is 2. The van der Waals surface area contributed by atoms with Crippen molar-refractivity contribution < 1.29 is 4.79 Å². The van der Waals surface area contributed by atoms with Gasteiger partial charge in [0.2, 0.25) is 0 Å². The van der Waals surface area contributed by atoms with E-state index in [1.807, 2.05) is 44.2 Å². The summed E-state index contributed by atoms with van der Waals surface area (Å²) in [5.74, 6) is -0.216. The second kappa shape index (κ2) is 7.70. The maximum Gasteiger partial charge on any atom is 0.271 e. The molecule has 0 bridgehead atoms. The molecule has 132 valence electrons. The Balaban J connectivity index is 1.78. The van der Waals surface area contributed by atoms with E-state index in [1.54, 1.807) is 12.3 Å². The van der Waals surface area contributed by atoms with Crippen molar-refractivity contribution in [2.45, 2.75) is 20.8 Å². The highest BCUT2D eigenvalue weighted by Gasteiger charge is 2.10. The second-order valence-corrected chi connectivity index (χ2v) is 7.12. The highest BCUT2D eigenvalue weighted by Crippen LogP contribution is 2.21. The standard InChI is InChI=1S/C21H20BrN3O/c1-14-5-4-6-17(11-14)21(26)24-23-13-18-12-15(2)25(16(18)3)20-9-7-19(22)8-10-20/h4-13H,1-3H3,(H,24,26)/b23-13-. The van der Waals surface area contributed by atoms with Crippen LogP contribution < -0.4 is 5.43 Å². The predicted octanol–water partition coefficient (Wildman–Crippen LogP) is 4.93. The zero-order valence-corrected chi connectivity index (χ0v) is 16.5. The fourth-order valence-corrected chi connectivity index (χ4v) is 3.18. The second-order valence-electron chi connectivity index (χ2n) is 6.21. The summed E-state index contributed by atoms with van der Waals surface area (Å²) in [5, 5.41) is 4.13. The molecule has 2 aromatic carbocycles. The lowest BCUT2D eigenvalue weighted by Crippen LogP contribution is -2.17. The van der Waals surface area contributed by atoms with Crippen molar-refractivity contribution in [3.8, 4) is 5.69 Å². The molecule has 0 fully saturated rings. The van der Waals surface area contributed by atoms with Crippen LogP contribution in [0, 0.1) is 20.8 Å². The van der Waals surface area contributed by atoms with Crippen LogP contribution in [0.1, 0.15) is 32.9 Å². The molecule has 1 heterocycles. The Morgan fingerprint density at radius 1 is 1.08 bits per heavy atom. The predicted molar refractivity (Wildman–Crippen MR) is 109 cm³/mol. The van der Waals surface area contributed by atoms with Crippen LogP contribution in [0.3, 0.4) is 0 Å². The van der Waals surface area contributed by atoms with Crippen LogP contribution >= 0.6 is 15.9 Å². The molecule has 0 aliphatic heterocycles. The van der Waals surface area contributed by atoms with Gasteiger partial charge in [0.1, 0.15) is 0 Å². The van der Waals surface area contributed by atoms with Gasteiger partial charge in [-0.05, 0) is 63.2 Å². The lowest BCUT2D eigenvalue weighted by molar-refractivity contribution is 0.0955. The zero-order valence-electron chi connectivity index (χ0n) is 15.0. The average Bonchev–Trinajstić information content (AvgIpc) is 2.89. The van der Waals surface area contributed by atoms with Gasteiger partial charge >= 0.3 is 0 Å². The minimum Gasteiger partial charge on any atom is -0.318 e. The Morgan fingerprint density at radius 3 is 2.50 bits per heavy atom. The molecule has 0 radical (unpaired) electrons. The van der Waals surface area contributed by atoms with Gasteiger partial charge in [0, 0.05) is 32.7 Å². The van der Waals surface area contributed by atoms with Crippen LogP contribution in [0.5, 0.6) is 0 Å². The Bertz CT molecular complexity index is 971. The van der Waals surface area contributed by atoms with E-state index in [2.05, 4.69) is 56.1 Å². The van der Waals surface area contributed by atoms with Gasteiger partial charge < -0.3 is 4.57 Å². The molecule has 1 amide bonds. The number of hydrogen-bond donors (Lipinski definition) is 1. The zero-order chi connectivity index (χ0) is 18.7. The molecular weight excluding hydrogens is 390 g/mol. The van der Waals surface area contributed by atoms with Gasteiger partial charge in [-0.3, -0.25) is 4.79 Å². The summed E-state index contributed by atoms with van der Waals surface area (Å²) in [6.45, 7) is 6.05. The Labute approximate surface area is 161 Å². The molecule has 0 unspecified atom stereocenters. The first-order valence-corrected chi connectivity index (χ1v) is 9.10. The Morgan fingerprint density at radius 2 is 1.81 bits per heavy atom. The van der Waals surface area contributed by atoms with Gasteiger partial charge in [-0.15, -0.1) is 0 Å². The molecular formula is C21H20BrN3O. The number of hydrazone groups is 1. The Kier molecular flexibility index (Phi) is 5.38. The fourth-order valence-electron chi connectivity index (χ4n) is 2.92. The molecule has 0 spiro atoms. The summed E-state index contributed by atoms with van der Waals surface area (Å²) < 4.78 is 3.21. The van der Waals surface area contributed by atoms with Crippen molar-refractivity contribution in [2.75, 3.05) is 0 Å². The number of carbonyl (C=O) groups is 1. The molecule has 0 saturated heterocycles. The molecule has 0 saturated carbocycles. The van der Waals surface area contributed by atoms with Crippen molar-refractivity contribution in [1.82, 2.24) is 9.99 Å². The number of amides is 1. The summed E-state index contributed by atoms with van der Waals surface area (Å²) in [5.41, 5.74) is 8.47. The normalized spacial score (nSPS) is 11.1. The van der Waals surface area contributed by atoms with Crippen LogP contribution in [0.25, 0.3) is 5.69 Å². The van der Waals surface area contributed by atoms with E-state index < -0.39 is 0 Å². The first-order valence-electron chi connectivity index (χ1n) is 8.30. The van der Waals surface area contributed by atoms with Gasteiger partial charge in [-0.1, -0.05) is 33.6 Å². The number of aryl methyl sites for hydroxylation is 2. The molecule has 5 heteroatoms. The molecule has 3 rings (SSSR count). The summed E-state index contributed by atoms with van der Waals surface area (Å²) in [4.78, 5) is 12.2. The fraction of sp³-hybridized carbons (Fsp3) is 0.143. The van der Waals surface area contributed by atoms with E-state index in [0.29, 0.717) is 5.56 Å². The van der Waals surface area contributed by atoms with Crippen molar-refractivity contribution in [2.24, 2.45) is 5.10 Å². The lowest BCUT2D eigenvalue weighted by Gasteiger charge is -2.09. The van der Waals surface area contributed by atoms with Gasteiger partial charge in [-0.25, -0.2) is 5.43 Å². The van der Waals surface area contributed by atoms with Crippen LogP contribution in [-0.4, -0.2) is 16.7 Å². The van der Waals surface area contributed by atoms with Gasteiger partial charge in [0.25, 0.3) is 5.91 Å². The molecule has 1 aromatic heterocycles. The monoisotopic (exact) mass is 409 g/mol. The van der Waals surface area contributed by atoms with Crippen LogP contribution in [0.2, 0.25) is 0 Å². The van der Waals surface area contributed by atoms with E-state index in [-0.39, 0.29) is 5.91 Å². The number of nitrogens with zero attached hydrogens (tertiary/aromatic N) is 2. The highest BCUT2D eigenvalue weighted by atomic mass is 79.9. The third kappa shape index (κ3) is 3.94. The molecule has 0 aliphatic carbocycles. The maximum atomic E-state index is 12.2. The third-order valence-electron chi connectivity index (χ3n) is 4.21. The minimum absolute atomic E-state index is 0.216. The maximum absolute atomic E-state index is 12.2. The van der Waals surface area contributed by atoms with E-state index in [4.69, 9.17) is 0 Å².